The van der Waals surface area contributed by atoms with Crippen LogP contribution in [0.1, 0.15) is 17.3 Å². The number of methoxy groups -OCH3 is 1. The van der Waals surface area contributed by atoms with Crippen LogP contribution in [0.2, 0.25) is 0 Å². The highest BCUT2D eigenvalue weighted by Gasteiger charge is 2.25. The first-order chi connectivity index (χ1) is 11.3. The summed E-state index contributed by atoms with van der Waals surface area (Å²) in [6.45, 7) is 3.18. The van der Waals surface area contributed by atoms with Gasteiger partial charge in [0.25, 0.3) is 0 Å². The molecule has 3 heterocycles. The molecular formula is C16H21N5O2. The van der Waals surface area contributed by atoms with Crippen LogP contribution in [0.3, 0.4) is 0 Å². The summed E-state index contributed by atoms with van der Waals surface area (Å²) in [6.07, 6.45) is 7.40. The predicted molar refractivity (Wildman–Crippen MR) is 84.5 cm³/mol. The van der Waals surface area contributed by atoms with Gasteiger partial charge in [-0.15, -0.1) is 0 Å². The summed E-state index contributed by atoms with van der Waals surface area (Å²) < 4.78 is 7.00. The number of hydrogen-bond acceptors (Lipinski definition) is 5. The molecule has 2 aromatic rings. The van der Waals surface area contributed by atoms with Crippen LogP contribution in [0.25, 0.3) is 0 Å². The maximum atomic E-state index is 11.6. The summed E-state index contributed by atoms with van der Waals surface area (Å²) in [6, 6.07) is 4.19. The second-order valence-electron chi connectivity index (χ2n) is 5.71. The minimum atomic E-state index is -0.0986. The first-order valence-electron chi connectivity index (χ1n) is 7.64. The lowest BCUT2D eigenvalue weighted by Crippen LogP contribution is -2.42. The van der Waals surface area contributed by atoms with Gasteiger partial charge in [-0.1, -0.05) is 6.07 Å². The summed E-state index contributed by atoms with van der Waals surface area (Å²) in [7, 11) is 1.52. The van der Waals surface area contributed by atoms with Gasteiger partial charge in [0, 0.05) is 51.9 Å². The Bertz CT molecular complexity index is 643. The molecule has 0 fully saturated rings. The van der Waals surface area contributed by atoms with E-state index in [2.05, 4.69) is 30.8 Å². The number of rotatable bonds is 6. The van der Waals surface area contributed by atoms with Crippen molar-refractivity contribution in [3.63, 3.8) is 0 Å². The van der Waals surface area contributed by atoms with Crippen LogP contribution >= 0.6 is 0 Å². The lowest BCUT2D eigenvalue weighted by Gasteiger charge is -2.34. The Labute approximate surface area is 135 Å². The quantitative estimate of drug-likeness (QED) is 0.845. The van der Waals surface area contributed by atoms with E-state index in [9.17, 15) is 4.79 Å². The molecule has 0 radical (unpaired) electrons. The molecule has 23 heavy (non-hydrogen) atoms. The predicted octanol–water partition coefficient (Wildman–Crippen LogP) is 0.598. The number of aromatic nitrogens is 3. The summed E-state index contributed by atoms with van der Waals surface area (Å²) in [4.78, 5) is 22.4. The van der Waals surface area contributed by atoms with E-state index in [1.54, 1.807) is 6.20 Å². The van der Waals surface area contributed by atoms with Crippen LogP contribution in [0.15, 0.2) is 37.1 Å². The minimum Gasteiger partial charge on any atom is -0.375 e. The highest BCUT2D eigenvalue weighted by atomic mass is 16.5. The molecule has 0 bridgehead atoms. The summed E-state index contributed by atoms with van der Waals surface area (Å²) >= 11 is 0. The van der Waals surface area contributed by atoms with Gasteiger partial charge < -0.3 is 14.6 Å². The smallest absolute Gasteiger partial charge is 0.246 e. The highest BCUT2D eigenvalue weighted by molar-refractivity contribution is 5.77. The maximum Gasteiger partial charge on any atom is 0.246 e. The zero-order valence-corrected chi connectivity index (χ0v) is 13.2. The molecule has 0 unspecified atom stereocenters. The lowest BCUT2D eigenvalue weighted by atomic mass is 10.1. The van der Waals surface area contributed by atoms with Crippen LogP contribution in [0, 0.1) is 0 Å². The van der Waals surface area contributed by atoms with Crippen molar-refractivity contribution in [3.8, 4) is 0 Å². The van der Waals surface area contributed by atoms with E-state index in [1.165, 1.54) is 12.7 Å². The average molecular weight is 315 g/mol. The number of nitrogens with zero attached hydrogens (tertiary/aromatic N) is 4. The van der Waals surface area contributed by atoms with Gasteiger partial charge in [-0.3, -0.25) is 14.7 Å². The van der Waals surface area contributed by atoms with Gasteiger partial charge in [0.15, 0.2) is 0 Å². The topological polar surface area (TPSA) is 72.3 Å². The number of nitrogens with one attached hydrogen (secondary N) is 1. The molecule has 1 atom stereocenters. The molecule has 7 nitrogen and oxygen atoms in total. The molecule has 1 aliphatic rings. The Morgan fingerprint density at radius 1 is 1.43 bits per heavy atom. The van der Waals surface area contributed by atoms with Crippen LogP contribution < -0.4 is 5.32 Å². The van der Waals surface area contributed by atoms with Crippen molar-refractivity contribution in [3.05, 3.63) is 48.3 Å². The molecule has 7 heteroatoms. The summed E-state index contributed by atoms with van der Waals surface area (Å²) in [5.74, 6) is -0.0986. The normalized spacial score (nSPS) is 17.7. The van der Waals surface area contributed by atoms with Crippen LogP contribution in [-0.2, 0) is 22.6 Å². The van der Waals surface area contributed by atoms with Crippen molar-refractivity contribution < 1.29 is 9.53 Å². The molecular weight excluding hydrogens is 294 g/mol. The van der Waals surface area contributed by atoms with Gasteiger partial charge in [0.2, 0.25) is 5.91 Å². The van der Waals surface area contributed by atoms with Crippen molar-refractivity contribution in [2.75, 3.05) is 26.8 Å². The molecule has 1 aliphatic heterocycles. The van der Waals surface area contributed by atoms with Crippen molar-refractivity contribution >= 4 is 5.91 Å². The van der Waals surface area contributed by atoms with E-state index in [0.29, 0.717) is 6.54 Å². The van der Waals surface area contributed by atoms with Crippen molar-refractivity contribution in [1.29, 1.82) is 0 Å². The summed E-state index contributed by atoms with van der Waals surface area (Å²) in [5.41, 5.74) is 2.34. The second kappa shape index (κ2) is 7.34. The van der Waals surface area contributed by atoms with Crippen molar-refractivity contribution in [2.45, 2.75) is 19.1 Å². The highest BCUT2D eigenvalue weighted by Crippen LogP contribution is 2.21. The van der Waals surface area contributed by atoms with Gasteiger partial charge in [-0.2, -0.15) is 0 Å². The number of amides is 1. The third kappa shape index (κ3) is 3.94. The Balaban J connectivity index is 1.66. The Morgan fingerprint density at radius 3 is 3.13 bits per heavy atom. The molecule has 0 aliphatic carbocycles. The largest absolute Gasteiger partial charge is 0.375 e. The summed E-state index contributed by atoms with van der Waals surface area (Å²) in [5, 5.41) is 2.92. The molecule has 1 amide bonds. The first-order valence-corrected chi connectivity index (χ1v) is 7.64. The Hall–Kier alpha value is -2.25. The standard InChI is InChI=1S/C16H21N5O2/c1-23-11-16(22)19-7-15-10-20(8-13-3-2-4-17-5-13)9-14-6-18-12-21(14)15/h2-6,12,15H,7-11H2,1H3,(H,19,22)/t15-/m0/s1. The molecule has 2 aromatic heterocycles. The van der Waals surface area contributed by atoms with E-state index < -0.39 is 0 Å². The maximum absolute atomic E-state index is 11.6. The molecule has 0 aromatic carbocycles. The van der Waals surface area contributed by atoms with Crippen molar-refractivity contribution in [2.24, 2.45) is 0 Å². The van der Waals surface area contributed by atoms with Gasteiger partial charge in [0.05, 0.1) is 18.1 Å². The van der Waals surface area contributed by atoms with E-state index in [-0.39, 0.29) is 18.6 Å². The number of fused-ring (bicyclic) bond motifs is 1. The van der Waals surface area contributed by atoms with E-state index in [0.717, 1.165) is 25.3 Å². The SMILES string of the molecule is COCC(=O)NC[C@H]1CN(Cc2cccnc2)Cc2cncn21. The monoisotopic (exact) mass is 315 g/mol. The number of carbonyl (C=O) groups excluding carboxylic acids is 1. The zero-order valence-electron chi connectivity index (χ0n) is 13.2. The Morgan fingerprint density at radius 2 is 2.35 bits per heavy atom. The fourth-order valence-corrected chi connectivity index (χ4v) is 2.91. The average Bonchev–Trinajstić information content (AvgIpc) is 3.02. The number of ether oxygens (including phenoxy) is 1. The minimum absolute atomic E-state index is 0.0862. The van der Waals surface area contributed by atoms with Crippen LogP contribution in [0.5, 0.6) is 0 Å². The fourth-order valence-electron chi connectivity index (χ4n) is 2.91. The van der Waals surface area contributed by atoms with Gasteiger partial charge in [-0.05, 0) is 11.6 Å². The number of hydrogen-bond donors (Lipinski definition) is 1. The Kier molecular flexibility index (Phi) is 4.99. The molecule has 0 spiro atoms. The molecule has 0 saturated heterocycles. The molecule has 1 N–H and O–H groups in total. The van der Waals surface area contributed by atoms with E-state index in [1.807, 2.05) is 24.8 Å². The lowest BCUT2D eigenvalue weighted by molar-refractivity contribution is -0.124. The first kappa shape index (κ1) is 15.6. The third-order valence-electron chi connectivity index (χ3n) is 3.93. The second-order valence-corrected chi connectivity index (χ2v) is 5.71. The molecule has 122 valence electrons. The van der Waals surface area contributed by atoms with Gasteiger partial charge >= 0.3 is 0 Å². The number of carbonyl (C=O) groups is 1. The van der Waals surface area contributed by atoms with Gasteiger partial charge in [0.1, 0.15) is 6.61 Å². The third-order valence-corrected chi connectivity index (χ3v) is 3.93. The number of imidazole rings is 1. The van der Waals surface area contributed by atoms with E-state index in [4.69, 9.17) is 4.74 Å². The van der Waals surface area contributed by atoms with Gasteiger partial charge in [-0.25, -0.2) is 4.98 Å². The number of pyridine rings is 1. The molecule has 0 saturated carbocycles. The van der Waals surface area contributed by atoms with E-state index >= 15 is 0 Å². The molecule has 3 rings (SSSR count). The fraction of sp³-hybridized carbons (Fsp3) is 0.438. The van der Waals surface area contributed by atoms with Crippen LogP contribution in [-0.4, -0.2) is 52.1 Å². The van der Waals surface area contributed by atoms with Crippen LogP contribution in [0.4, 0.5) is 0 Å². The zero-order chi connectivity index (χ0) is 16.1. The van der Waals surface area contributed by atoms with Crippen molar-refractivity contribution in [1.82, 2.24) is 24.8 Å².